The van der Waals surface area contributed by atoms with E-state index < -0.39 is 11.7 Å². The predicted octanol–water partition coefficient (Wildman–Crippen LogP) is 4.36. The Morgan fingerprint density at radius 1 is 1.11 bits per heavy atom. The number of halogens is 3. The third kappa shape index (κ3) is 4.86. The van der Waals surface area contributed by atoms with Crippen molar-refractivity contribution < 1.29 is 13.2 Å². The quantitative estimate of drug-likeness (QED) is 0.847. The van der Waals surface area contributed by atoms with E-state index in [1.54, 1.807) is 0 Å². The van der Waals surface area contributed by atoms with Crippen LogP contribution >= 0.6 is 0 Å². The van der Waals surface area contributed by atoms with Gasteiger partial charge in [0.2, 0.25) is 0 Å². The maximum Gasteiger partial charge on any atom is 0.416 e. The van der Waals surface area contributed by atoms with E-state index in [0.29, 0.717) is 18.9 Å². The molecule has 1 nitrogen and oxygen atoms in total. The molecule has 2 N–H and O–H groups in total. The fourth-order valence-electron chi connectivity index (χ4n) is 1.89. The number of benzene rings is 1. The van der Waals surface area contributed by atoms with Crippen LogP contribution in [0.1, 0.15) is 49.8 Å². The summed E-state index contributed by atoms with van der Waals surface area (Å²) < 4.78 is 38.6. The molecule has 0 bridgehead atoms. The van der Waals surface area contributed by atoms with Gasteiger partial charge in [-0.05, 0) is 54.5 Å². The number of rotatable bonds is 5. The summed E-state index contributed by atoms with van der Waals surface area (Å²) >= 11 is 0. The van der Waals surface area contributed by atoms with Crippen molar-refractivity contribution in [3.05, 3.63) is 34.9 Å². The molecule has 0 aliphatic rings. The zero-order chi connectivity index (χ0) is 14.6. The molecular formula is C15H22F3N. The van der Waals surface area contributed by atoms with Crippen molar-refractivity contribution in [3.8, 4) is 0 Å². The normalized spacial score (nSPS) is 13.9. The molecule has 4 heteroatoms. The molecule has 0 saturated heterocycles. The minimum Gasteiger partial charge on any atom is -0.330 e. The van der Waals surface area contributed by atoms with Crippen molar-refractivity contribution in [1.82, 2.24) is 0 Å². The Balaban J connectivity index is 3.00. The predicted molar refractivity (Wildman–Crippen MR) is 72.1 cm³/mol. The van der Waals surface area contributed by atoms with Crippen molar-refractivity contribution in [2.45, 2.75) is 45.7 Å². The molecule has 0 unspecified atom stereocenters. The number of aryl methyl sites for hydroxylation is 1. The second-order valence-electron chi connectivity index (χ2n) is 5.50. The molecule has 0 saturated carbocycles. The summed E-state index contributed by atoms with van der Waals surface area (Å²) in [4.78, 5) is 0. The summed E-state index contributed by atoms with van der Waals surface area (Å²) in [6.45, 7) is 6.39. The molecular weight excluding hydrogens is 251 g/mol. The Morgan fingerprint density at radius 2 is 1.74 bits per heavy atom. The summed E-state index contributed by atoms with van der Waals surface area (Å²) in [6.07, 6.45) is -2.82. The van der Waals surface area contributed by atoms with Gasteiger partial charge in [0.15, 0.2) is 0 Å². The highest BCUT2D eigenvalue weighted by atomic mass is 19.4. The Hall–Kier alpha value is -1.03. The molecule has 1 aromatic rings. The first-order chi connectivity index (χ1) is 8.74. The van der Waals surface area contributed by atoms with Crippen LogP contribution < -0.4 is 5.73 Å². The minimum absolute atomic E-state index is 0.0907. The molecule has 19 heavy (non-hydrogen) atoms. The van der Waals surface area contributed by atoms with Crippen molar-refractivity contribution in [1.29, 1.82) is 0 Å². The first-order valence-electron chi connectivity index (χ1n) is 6.65. The van der Waals surface area contributed by atoms with E-state index in [4.69, 9.17) is 5.73 Å². The van der Waals surface area contributed by atoms with Crippen molar-refractivity contribution in [2.75, 3.05) is 6.54 Å². The van der Waals surface area contributed by atoms with E-state index in [9.17, 15) is 13.2 Å². The topological polar surface area (TPSA) is 26.0 Å². The van der Waals surface area contributed by atoms with Crippen LogP contribution in [0.15, 0.2) is 18.2 Å². The molecule has 1 atom stereocenters. The molecule has 0 amide bonds. The van der Waals surface area contributed by atoms with Crippen LogP contribution in [0.3, 0.4) is 0 Å². The molecule has 0 spiro atoms. The lowest BCUT2D eigenvalue weighted by atomic mass is 9.94. The monoisotopic (exact) mass is 273 g/mol. The number of hydrogen-bond donors (Lipinski definition) is 1. The first kappa shape index (κ1) is 16.0. The number of nitrogens with two attached hydrogens (primary N) is 1. The molecule has 0 aliphatic heterocycles. The molecule has 0 aliphatic carbocycles. The number of hydrogen-bond acceptors (Lipinski definition) is 1. The molecule has 108 valence electrons. The summed E-state index contributed by atoms with van der Waals surface area (Å²) in [5.74, 6) is 0.421. The van der Waals surface area contributed by atoms with Gasteiger partial charge in [-0.3, -0.25) is 0 Å². The maximum absolute atomic E-state index is 12.9. The molecule has 1 rings (SSSR count). The van der Waals surface area contributed by atoms with Crippen molar-refractivity contribution in [3.63, 3.8) is 0 Å². The average Bonchev–Trinajstić information content (AvgIpc) is 2.34. The SMILES string of the molecule is CC(C)c1cc(CC[C@H](C)CN)cc(C(F)(F)F)c1. The van der Waals surface area contributed by atoms with E-state index >= 15 is 0 Å². The highest BCUT2D eigenvalue weighted by Crippen LogP contribution is 2.32. The lowest BCUT2D eigenvalue weighted by Gasteiger charge is -2.15. The van der Waals surface area contributed by atoms with Gasteiger partial charge in [-0.2, -0.15) is 13.2 Å². The highest BCUT2D eigenvalue weighted by molar-refractivity contribution is 5.33. The zero-order valence-corrected chi connectivity index (χ0v) is 11.7. The highest BCUT2D eigenvalue weighted by Gasteiger charge is 2.31. The third-order valence-electron chi connectivity index (χ3n) is 3.34. The first-order valence-corrected chi connectivity index (χ1v) is 6.65. The fourth-order valence-corrected chi connectivity index (χ4v) is 1.89. The second kappa shape index (κ2) is 6.42. The fraction of sp³-hybridized carbons (Fsp3) is 0.600. The molecule has 1 aromatic carbocycles. The van der Waals surface area contributed by atoms with Crippen LogP contribution in [0, 0.1) is 5.92 Å². The summed E-state index contributed by atoms with van der Waals surface area (Å²) in [6, 6.07) is 4.39. The van der Waals surface area contributed by atoms with Crippen LogP contribution in [0.4, 0.5) is 13.2 Å². The van der Waals surface area contributed by atoms with Gasteiger partial charge in [0.25, 0.3) is 0 Å². The zero-order valence-electron chi connectivity index (χ0n) is 11.7. The van der Waals surface area contributed by atoms with Gasteiger partial charge in [0, 0.05) is 0 Å². The van der Waals surface area contributed by atoms with Gasteiger partial charge < -0.3 is 5.73 Å². The van der Waals surface area contributed by atoms with Gasteiger partial charge in [0.1, 0.15) is 0 Å². The van der Waals surface area contributed by atoms with Crippen molar-refractivity contribution in [2.24, 2.45) is 11.7 Å². The summed E-state index contributed by atoms with van der Waals surface area (Å²) in [5.41, 5.74) is 6.48. The van der Waals surface area contributed by atoms with Crippen LogP contribution in [-0.4, -0.2) is 6.54 Å². The Labute approximate surface area is 113 Å². The van der Waals surface area contributed by atoms with E-state index in [1.165, 1.54) is 12.1 Å². The van der Waals surface area contributed by atoms with E-state index in [-0.39, 0.29) is 5.92 Å². The summed E-state index contributed by atoms with van der Waals surface area (Å²) in [5, 5.41) is 0. The standard InChI is InChI=1S/C15H22F3N/c1-10(2)13-6-12(5-4-11(3)9-19)7-14(8-13)15(16,17)18/h6-8,10-11H,4-5,9,19H2,1-3H3/t11-/m0/s1. The van der Waals surface area contributed by atoms with E-state index in [2.05, 4.69) is 0 Å². The van der Waals surface area contributed by atoms with Crippen LogP contribution in [0.2, 0.25) is 0 Å². The molecule has 0 fully saturated rings. The molecule has 0 aromatic heterocycles. The Bertz CT molecular complexity index is 410. The third-order valence-corrected chi connectivity index (χ3v) is 3.34. The smallest absolute Gasteiger partial charge is 0.330 e. The molecule has 0 radical (unpaired) electrons. The van der Waals surface area contributed by atoms with Gasteiger partial charge in [-0.25, -0.2) is 0 Å². The van der Waals surface area contributed by atoms with E-state index in [0.717, 1.165) is 17.5 Å². The van der Waals surface area contributed by atoms with Gasteiger partial charge in [-0.1, -0.05) is 26.8 Å². The van der Waals surface area contributed by atoms with Crippen LogP contribution in [-0.2, 0) is 12.6 Å². The molecule has 0 heterocycles. The second-order valence-corrected chi connectivity index (χ2v) is 5.50. The van der Waals surface area contributed by atoms with E-state index in [1.807, 2.05) is 26.8 Å². The van der Waals surface area contributed by atoms with Gasteiger partial charge >= 0.3 is 6.18 Å². The van der Waals surface area contributed by atoms with Crippen molar-refractivity contribution >= 4 is 0 Å². The largest absolute Gasteiger partial charge is 0.416 e. The van der Waals surface area contributed by atoms with Gasteiger partial charge in [-0.15, -0.1) is 0 Å². The minimum atomic E-state index is -4.28. The Kier molecular flexibility index (Phi) is 5.41. The summed E-state index contributed by atoms with van der Waals surface area (Å²) in [7, 11) is 0. The van der Waals surface area contributed by atoms with Crippen LogP contribution in [0.25, 0.3) is 0 Å². The lowest BCUT2D eigenvalue weighted by Crippen LogP contribution is -2.12. The lowest BCUT2D eigenvalue weighted by molar-refractivity contribution is -0.137. The maximum atomic E-state index is 12.9. The average molecular weight is 273 g/mol. The van der Waals surface area contributed by atoms with Crippen LogP contribution in [0.5, 0.6) is 0 Å². The number of alkyl halides is 3. The van der Waals surface area contributed by atoms with Gasteiger partial charge in [0.05, 0.1) is 5.56 Å². The Morgan fingerprint density at radius 3 is 2.21 bits per heavy atom.